The zero-order valence-corrected chi connectivity index (χ0v) is 22.9. The number of benzene rings is 4. The van der Waals surface area contributed by atoms with Crippen molar-refractivity contribution in [2.75, 3.05) is 6.66 Å². The molecule has 5 rings (SSSR count). The Morgan fingerprint density at radius 2 is 0.771 bits per heavy atom. The lowest BCUT2D eigenvalue weighted by Gasteiger charge is -2.40. The highest BCUT2D eigenvalue weighted by Gasteiger charge is 2.44. The van der Waals surface area contributed by atoms with Crippen LogP contribution in [0.4, 0.5) is 0 Å². The Morgan fingerprint density at radius 3 is 1.06 bits per heavy atom. The van der Waals surface area contributed by atoms with E-state index in [9.17, 15) is 5.11 Å². The van der Waals surface area contributed by atoms with Gasteiger partial charge in [-0.15, -0.1) is 0 Å². The molecule has 0 fully saturated rings. The van der Waals surface area contributed by atoms with Gasteiger partial charge in [0, 0.05) is 21.2 Å². The Balaban J connectivity index is 2.06. The smallest absolute Gasteiger partial charge is 0.137 e. The Bertz CT molecular complexity index is 1330. The minimum absolute atomic E-state index is 1.09. The maximum atomic E-state index is 11.6. The van der Waals surface area contributed by atoms with Crippen molar-refractivity contribution in [1.29, 1.82) is 0 Å². The number of nitrogens with zero attached hydrogens (tertiary/aromatic N) is 3. The van der Waals surface area contributed by atoms with Gasteiger partial charge in [0.15, 0.2) is 0 Å². The summed E-state index contributed by atoms with van der Waals surface area (Å²) >= 11 is 0. The van der Waals surface area contributed by atoms with E-state index in [1.807, 2.05) is 38.1 Å². The van der Waals surface area contributed by atoms with Gasteiger partial charge in [-0.25, -0.2) is 13.5 Å². The van der Waals surface area contributed by atoms with Crippen LogP contribution in [0.3, 0.4) is 0 Å². The molecular weight excluding hydrogens is 487 g/mol. The minimum atomic E-state index is -2.67. The van der Waals surface area contributed by atoms with Gasteiger partial charge >= 0.3 is 0 Å². The van der Waals surface area contributed by atoms with Crippen molar-refractivity contribution >= 4 is 42.8 Å². The molecule has 0 saturated heterocycles. The molecule has 1 atom stereocenters. The van der Waals surface area contributed by atoms with Gasteiger partial charge in [0.25, 0.3) is 0 Å². The molecule has 178 valence electrons. The summed E-state index contributed by atoms with van der Waals surface area (Å²) in [7, 11) is -7.98. The van der Waals surface area contributed by atoms with Crippen LogP contribution in [0.15, 0.2) is 135 Å². The summed E-state index contributed by atoms with van der Waals surface area (Å²) in [5, 5.41) is 14.9. The van der Waals surface area contributed by atoms with Crippen LogP contribution in [0.2, 0.25) is 0 Å². The second-order valence-corrected chi connectivity index (χ2v) is 18.8. The molecule has 7 heteroatoms. The SMILES string of the molecule is CC(C)(O)P1(C)=NP(c2ccccc2)(c2ccccc2)=NP(c2ccccc2)(c2ccccc2)=N1. The average Bonchev–Trinajstić information content (AvgIpc) is 2.90. The quantitative estimate of drug-likeness (QED) is 0.285. The van der Waals surface area contributed by atoms with Gasteiger partial charge in [0.2, 0.25) is 0 Å². The van der Waals surface area contributed by atoms with Crippen LogP contribution in [0.5, 0.6) is 0 Å². The van der Waals surface area contributed by atoms with E-state index in [4.69, 9.17) is 13.5 Å². The second kappa shape index (κ2) is 9.20. The summed E-state index contributed by atoms with van der Waals surface area (Å²) in [5.74, 6) is 0. The van der Waals surface area contributed by atoms with Crippen LogP contribution in [0.1, 0.15) is 13.8 Å². The van der Waals surface area contributed by atoms with Crippen molar-refractivity contribution in [2.24, 2.45) is 13.5 Å². The Hall–Kier alpha value is -2.47. The van der Waals surface area contributed by atoms with E-state index < -0.39 is 27.0 Å². The van der Waals surface area contributed by atoms with E-state index in [0.29, 0.717) is 0 Å². The van der Waals surface area contributed by atoms with Gasteiger partial charge in [0.1, 0.15) is 27.0 Å². The van der Waals surface area contributed by atoms with E-state index in [2.05, 4.69) is 104 Å². The first-order valence-electron chi connectivity index (χ1n) is 11.6. The molecule has 35 heavy (non-hydrogen) atoms. The molecule has 0 aromatic heterocycles. The lowest BCUT2D eigenvalue weighted by atomic mass is 10.4. The number of aliphatic hydroxyl groups is 1. The molecular formula is C28H30N3OP3. The fraction of sp³-hybridized carbons (Fsp3) is 0.143. The normalized spacial score (nSPS) is 20.7. The van der Waals surface area contributed by atoms with Gasteiger partial charge in [-0.05, 0) is 20.5 Å². The molecule has 4 aromatic rings. The molecule has 1 N–H and O–H groups in total. The van der Waals surface area contributed by atoms with Crippen LogP contribution >= 0.6 is 21.6 Å². The Labute approximate surface area is 208 Å². The first-order chi connectivity index (χ1) is 16.8. The zero-order valence-electron chi connectivity index (χ0n) is 20.2. The van der Waals surface area contributed by atoms with Crippen molar-refractivity contribution in [1.82, 2.24) is 0 Å². The first-order valence-corrected chi connectivity index (χ1v) is 17.2. The third-order valence-electron chi connectivity index (χ3n) is 6.37. The Kier molecular flexibility index (Phi) is 6.37. The van der Waals surface area contributed by atoms with Crippen LogP contribution in [0.25, 0.3) is 0 Å². The molecule has 0 bridgehead atoms. The molecule has 4 aromatic carbocycles. The molecule has 0 amide bonds. The second-order valence-electron chi connectivity index (χ2n) is 9.22. The summed E-state index contributed by atoms with van der Waals surface area (Å²) < 4.78 is 17.0. The average molecular weight is 517 g/mol. The third-order valence-corrected chi connectivity index (χ3v) is 19.4. The number of rotatable bonds is 5. The van der Waals surface area contributed by atoms with Crippen molar-refractivity contribution in [2.45, 2.75) is 19.2 Å². The van der Waals surface area contributed by atoms with Crippen LogP contribution in [-0.4, -0.2) is 17.1 Å². The van der Waals surface area contributed by atoms with Gasteiger partial charge in [-0.3, -0.25) is 0 Å². The number of hydrogen-bond donors (Lipinski definition) is 1. The van der Waals surface area contributed by atoms with Gasteiger partial charge in [-0.1, -0.05) is 121 Å². The predicted octanol–water partition coefficient (Wildman–Crippen LogP) is 7.01. The van der Waals surface area contributed by atoms with Crippen molar-refractivity contribution in [3.8, 4) is 0 Å². The fourth-order valence-corrected chi connectivity index (χ4v) is 19.1. The molecule has 1 aliphatic heterocycles. The topological polar surface area (TPSA) is 57.3 Å². The van der Waals surface area contributed by atoms with Gasteiger partial charge < -0.3 is 5.11 Å². The summed E-state index contributed by atoms with van der Waals surface area (Å²) in [6, 6.07) is 41.7. The van der Waals surface area contributed by atoms with Gasteiger partial charge in [-0.2, -0.15) is 0 Å². The summed E-state index contributed by atoms with van der Waals surface area (Å²) in [6.07, 6.45) is 0. The minimum Gasteiger partial charge on any atom is -0.383 e. The van der Waals surface area contributed by atoms with Crippen LogP contribution < -0.4 is 21.2 Å². The standard InChI is InChI=1S/C28H30N3OP3/c1-28(2,32)33(3)29-34(24-16-8-4-9-17-24,25-18-10-5-11-19-25)31-35(30-33,26-20-12-6-13-21-26)27-22-14-7-15-23-27/h4-23,32H,1-3H3. The maximum absolute atomic E-state index is 11.6. The van der Waals surface area contributed by atoms with Crippen LogP contribution in [-0.2, 0) is 0 Å². The van der Waals surface area contributed by atoms with E-state index in [1.165, 1.54) is 0 Å². The molecule has 4 nitrogen and oxygen atoms in total. The highest BCUT2D eigenvalue weighted by molar-refractivity contribution is 7.97. The molecule has 0 radical (unpaired) electrons. The van der Waals surface area contributed by atoms with Crippen LogP contribution in [0, 0.1) is 0 Å². The molecule has 1 heterocycles. The van der Waals surface area contributed by atoms with E-state index >= 15 is 0 Å². The molecule has 0 spiro atoms. The van der Waals surface area contributed by atoms with Crippen molar-refractivity contribution in [3.05, 3.63) is 121 Å². The zero-order chi connectivity index (χ0) is 24.6. The van der Waals surface area contributed by atoms with E-state index in [-0.39, 0.29) is 0 Å². The molecule has 1 aliphatic rings. The van der Waals surface area contributed by atoms with Crippen molar-refractivity contribution < 1.29 is 5.11 Å². The number of hydrogen-bond acceptors (Lipinski definition) is 4. The fourth-order valence-electron chi connectivity index (χ4n) is 4.22. The van der Waals surface area contributed by atoms with E-state index in [0.717, 1.165) is 21.2 Å². The van der Waals surface area contributed by atoms with E-state index in [1.54, 1.807) is 0 Å². The highest BCUT2D eigenvalue weighted by atomic mass is 31.3. The van der Waals surface area contributed by atoms with Crippen molar-refractivity contribution in [3.63, 3.8) is 0 Å². The summed E-state index contributed by atoms with van der Waals surface area (Å²) in [4.78, 5) is 0. The monoisotopic (exact) mass is 517 g/mol. The summed E-state index contributed by atoms with van der Waals surface area (Å²) in [5.41, 5.74) is 0. The largest absolute Gasteiger partial charge is 0.383 e. The molecule has 0 saturated carbocycles. The predicted molar refractivity (Wildman–Crippen MR) is 155 cm³/mol. The third kappa shape index (κ3) is 4.24. The molecule has 0 aliphatic carbocycles. The first kappa shape index (κ1) is 24.2. The lowest BCUT2D eigenvalue weighted by Crippen LogP contribution is -2.25. The summed E-state index contributed by atoms with van der Waals surface area (Å²) in [6.45, 7) is 5.78. The lowest BCUT2D eigenvalue weighted by molar-refractivity contribution is 0.170. The van der Waals surface area contributed by atoms with Gasteiger partial charge in [0.05, 0.1) is 0 Å². The maximum Gasteiger partial charge on any atom is 0.137 e. The highest BCUT2D eigenvalue weighted by Crippen LogP contribution is 2.78. The molecule has 1 unspecified atom stereocenters. The Morgan fingerprint density at radius 1 is 0.486 bits per heavy atom.